The molecule has 0 unspecified atom stereocenters. The van der Waals surface area contributed by atoms with E-state index in [1.54, 1.807) is 111 Å². The molecular formula is C42H108Si12. The molecule has 0 nitrogen and oxygen atoms in total. The second kappa shape index (κ2) is 19.3. The molecule has 0 radical (unpaired) electrons. The van der Waals surface area contributed by atoms with Crippen LogP contribution in [-0.2, 0) is 0 Å². The molecule has 1 aliphatic heterocycles. The van der Waals surface area contributed by atoms with Crippen LogP contribution in [0.1, 0.15) is 38.5 Å². The summed E-state index contributed by atoms with van der Waals surface area (Å²) in [5.41, 5.74) is 0. The molecule has 0 N–H and O–H groups in total. The molecule has 1 heterocycles. The van der Waals surface area contributed by atoms with E-state index in [0.717, 1.165) is 0 Å². The van der Waals surface area contributed by atoms with Crippen molar-refractivity contribution in [1.29, 1.82) is 0 Å². The Morgan fingerprint density at radius 3 is 0.241 bits per heavy atom. The van der Waals surface area contributed by atoms with E-state index < -0.39 is 91.1 Å². The van der Waals surface area contributed by atoms with E-state index in [2.05, 4.69) is 157 Å². The largest absolute Gasteiger partial charge is 0.0713 e. The standard InChI is InChI=1S/C42H108Si12/c1-43(2)31-25-33-45(5,6)47(9,10)35-27-37-49(13,14)51(17,18)39-29-41-53(21,22)54(23,24)42-30-40-52(19,20)50(15,16)38-28-36-48(11,12)46(7,8)34-26-32-44(43,3)4/h25-42H2,1-24H3. The first-order valence-corrected chi connectivity index (χ1v) is 68.2. The van der Waals surface area contributed by atoms with Gasteiger partial charge in [0.05, 0.1) is 0 Å². The third-order valence-electron chi connectivity index (χ3n) is 20.6. The van der Waals surface area contributed by atoms with Crippen molar-refractivity contribution in [2.75, 3.05) is 0 Å². The molecule has 0 aromatic heterocycles. The molecule has 1 saturated heterocycles. The maximum absolute atomic E-state index is 2.85. The molecule has 0 aliphatic carbocycles. The predicted molar refractivity (Wildman–Crippen MR) is 295 cm³/mol. The van der Waals surface area contributed by atoms with Gasteiger partial charge in [0.2, 0.25) is 0 Å². The van der Waals surface area contributed by atoms with Crippen molar-refractivity contribution < 1.29 is 0 Å². The average molecular weight is 950 g/mol. The van der Waals surface area contributed by atoms with Crippen LogP contribution in [0.4, 0.5) is 0 Å². The Morgan fingerprint density at radius 1 is 0.130 bits per heavy atom. The molecule has 54 heavy (non-hydrogen) atoms. The van der Waals surface area contributed by atoms with Crippen LogP contribution in [0.15, 0.2) is 0 Å². The van der Waals surface area contributed by atoms with Crippen LogP contribution in [-0.4, -0.2) is 91.1 Å². The molecule has 0 bridgehead atoms. The van der Waals surface area contributed by atoms with Gasteiger partial charge in [0.25, 0.3) is 0 Å². The summed E-state index contributed by atoms with van der Waals surface area (Å²) in [6, 6.07) is 19.6. The minimum Gasteiger partial charge on any atom is -0.0713 e. The second-order valence-electron chi connectivity index (χ2n) is 27.7. The van der Waals surface area contributed by atoms with E-state index in [1.807, 2.05) is 0 Å². The van der Waals surface area contributed by atoms with E-state index in [0.29, 0.717) is 0 Å². The van der Waals surface area contributed by atoms with Crippen LogP contribution in [0.2, 0.25) is 230 Å². The maximum atomic E-state index is 2.85. The summed E-state index contributed by atoms with van der Waals surface area (Å²) in [4.78, 5) is 0. The van der Waals surface area contributed by atoms with Gasteiger partial charge in [0.15, 0.2) is 0 Å². The Kier molecular flexibility index (Phi) is 19.6. The summed E-state index contributed by atoms with van der Waals surface area (Å²) in [5.74, 6) is 0. The Balaban J connectivity index is 3.31. The molecule has 1 aliphatic rings. The monoisotopic (exact) mass is 949 g/mol. The number of hydrogen-bond acceptors (Lipinski definition) is 0. The van der Waals surface area contributed by atoms with Crippen LogP contribution < -0.4 is 0 Å². The Labute approximate surface area is 356 Å². The van der Waals surface area contributed by atoms with Crippen molar-refractivity contribution in [1.82, 2.24) is 0 Å². The SMILES string of the molecule is C[Si]1(C)CCC[Si](C)(C)[Si](C)(C)CCC[Si](C)(C)[Si](C)(C)CCC[Si](C)(C)[Si](C)(C)CCC[Si](C)(C)[Si](C)(C)CCC[Si](C)(C)[Si](C)(C)CCC[Si]1(C)C. The van der Waals surface area contributed by atoms with Crippen molar-refractivity contribution in [3.05, 3.63) is 0 Å². The van der Waals surface area contributed by atoms with Crippen LogP contribution in [0, 0.1) is 0 Å². The molecule has 0 saturated carbocycles. The number of rotatable bonds is 0. The third kappa shape index (κ3) is 14.3. The summed E-state index contributed by atoms with van der Waals surface area (Å²) in [7, 11) is -14.0. The van der Waals surface area contributed by atoms with Gasteiger partial charge in [-0.25, -0.2) is 0 Å². The first kappa shape index (κ1) is 54.6. The average Bonchev–Trinajstić information content (AvgIpc) is 2.94. The van der Waals surface area contributed by atoms with E-state index in [1.165, 1.54) is 0 Å². The van der Waals surface area contributed by atoms with Gasteiger partial charge >= 0.3 is 0 Å². The van der Waals surface area contributed by atoms with Crippen molar-refractivity contribution >= 4 is 91.1 Å². The zero-order chi connectivity index (χ0) is 42.7. The molecule has 0 aromatic rings. The first-order valence-electron chi connectivity index (χ1n) is 23.7. The van der Waals surface area contributed by atoms with Crippen LogP contribution in [0.3, 0.4) is 0 Å². The zero-order valence-corrected chi connectivity index (χ0v) is 54.7. The fourth-order valence-corrected chi connectivity index (χ4v) is 63.6. The van der Waals surface area contributed by atoms with Gasteiger partial charge in [-0.05, 0) is 0 Å². The summed E-state index contributed by atoms with van der Waals surface area (Å²) in [5, 5.41) is 0. The second-order valence-corrected chi connectivity index (χ2v) is 128. The van der Waals surface area contributed by atoms with Crippen molar-refractivity contribution in [2.24, 2.45) is 0 Å². The van der Waals surface area contributed by atoms with E-state index in [4.69, 9.17) is 0 Å². The van der Waals surface area contributed by atoms with Crippen molar-refractivity contribution in [2.45, 2.75) is 268 Å². The van der Waals surface area contributed by atoms with Crippen molar-refractivity contribution in [3.8, 4) is 0 Å². The summed E-state index contributed by atoms with van der Waals surface area (Å²) >= 11 is 0. The smallest absolute Gasteiger partial charge is 0.0412 e. The van der Waals surface area contributed by atoms with E-state index in [9.17, 15) is 0 Å². The summed E-state index contributed by atoms with van der Waals surface area (Å²) in [6.07, 6.45) is 9.44. The quantitative estimate of drug-likeness (QED) is 0.212. The highest BCUT2D eigenvalue weighted by Crippen LogP contribution is 2.40. The molecule has 324 valence electrons. The molecule has 1 fully saturated rings. The van der Waals surface area contributed by atoms with Gasteiger partial charge in [-0.1, -0.05) is 268 Å². The lowest BCUT2D eigenvalue weighted by molar-refractivity contribution is 0.988. The normalized spacial score (nSPS) is 30.7. The highest BCUT2D eigenvalue weighted by molar-refractivity contribution is 7.44. The Bertz CT molecular complexity index is 845. The molecular weight excluding hydrogens is 841 g/mol. The number of hydrogen-bond donors (Lipinski definition) is 0. The van der Waals surface area contributed by atoms with Crippen LogP contribution >= 0.6 is 0 Å². The highest BCUT2D eigenvalue weighted by atomic mass is 29.3. The lowest BCUT2D eigenvalue weighted by atomic mass is 10.6. The van der Waals surface area contributed by atoms with Gasteiger partial charge in [-0.3, -0.25) is 0 Å². The molecule has 0 spiro atoms. The van der Waals surface area contributed by atoms with Gasteiger partial charge in [-0.15, -0.1) is 0 Å². The van der Waals surface area contributed by atoms with E-state index >= 15 is 0 Å². The van der Waals surface area contributed by atoms with Crippen molar-refractivity contribution in [3.63, 3.8) is 0 Å². The van der Waals surface area contributed by atoms with Gasteiger partial charge in [0.1, 0.15) is 0 Å². The lowest BCUT2D eigenvalue weighted by Gasteiger charge is -2.44. The van der Waals surface area contributed by atoms with Gasteiger partial charge in [-0.2, -0.15) is 0 Å². The minimum atomic E-state index is -1.17. The van der Waals surface area contributed by atoms with Crippen LogP contribution in [0.5, 0.6) is 0 Å². The maximum Gasteiger partial charge on any atom is 0.0412 e. The molecule has 1 rings (SSSR count). The summed E-state index contributed by atoms with van der Waals surface area (Å²) in [6.45, 7) is 68.4. The molecule has 0 amide bonds. The predicted octanol–water partition coefficient (Wildman–Crippen LogP) is 17.3. The van der Waals surface area contributed by atoms with Crippen LogP contribution in [0.25, 0.3) is 0 Å². The highest BCUT2D eigenvalue weighted by Gasteiger charge is 2.48. The molecule has 0 atom stereocenters. The Morgan fingerprint density at radius 2 is 0.185 bits per heavy atom. The topological polar surface area (TPSA) is 0 Å². The van der Waals surface area contributed by atoms with Gasteiger partial charge in [0, 0.05) is 91.1 Å². The molecule has 0 aromatic carbocycles. The summed E-state index contributed by atoms with van der Waals surface area (Å²) < 4.78 is 0. The minimum absolute atomic E-state index is 1.17. The van der Waals surface area contributed by atoms with Gasteiger partial charge < -0.3 is 0 Å². The lowest BCUT2D eigenvalue weighted by Crippen LogP contribution is -2.58. The fraction of sp³-hybridized carbons (Fsp3) is 1.00. The fourth-order valence-electron chi connectivity index (χ4n) is 9.89. The molecule has 12 heteroatoms. The van der Waals surface area contributed by atoms with E-state index in [-0.39, 0.29) is 0 Å². The first-order chi connectivity index (χ1) is 23.7. The zero-order valence-electron chi connectivity index (χ0n) is 42.7. The third-order valence-corrected chi connectivity index (χ3v) is 137. The Hall–Kier alpha value is 2.60.